The van der Waals surface area contributed by atoms with Crippen molar-refractivity contribution in [2.75, 3.05) is 24.7 Å². The van der Waals surface area contributed by atoms with E-state index in [1.807, 2.05) is 12.1 Å². The van der Waals surface area contributed by atoms with Gasteiger partial charge in [0.15, 0.2) is 11.4 Å². The van der Waals surface area contributed by atoms with Gasteiger partial charge in [-0.05, 0) is 56.3 Å². The Morgan fingerprint density at radius 3 is 2.45 bits per heavy atom. The van der Waals surface area contributed by atoms with Crippen LogP contribution in [-0.2, 0) is 10.4 Å². The van der Waals surface area contributed by atoms with Gasteiger partial charge in [0.1, 0.15) is 0 Å². The summed E-state index contributed by atoms with van der Waals surface area (Å²) in [4.78, 5) is 30.4. The Morgan fingerprint density at radius 1 is 1.10 bits per heavy atom. The molecule has 0 spiro atoms. The van der Waals surface area contributed by atoms with Crippen LogP contribution >= 0.6 is 11.6 Å². The van der Waals surface area contributed by atoms with E-state index < -0.39 is 17.4 Å². The number of likely N-dealkylation sites (tertiary alicyclic amines) is 1. The van der Waals surface area contributed by atoms with Crippen LogP contribution in [0.25, 0.3) is 0 Å². The largest absolute Gasteiger partial charge is 0.375 e. The van der Waals surface area contributed by atoms with Crippen LogP contribution in [0.1, 0.15) is 42.1 Å². The molecule has 5 nitrogen and oxygen atoms in total. The average molecular weight is 413 g/mol. The number of rotatable bonds is 5. The lowest BCUT2D eigenvalue weighted by Crippen LogP contribution is -2.50. The van der Waals surface area contributed by atoms with Crippen LogP contribution in [0.4, 0.5) is 5.69 Å². The number of nitrogens with zero attached hydrogens (tertiary/aromatic N) is 2. The molecule has 2 heterocycles. The minimum Gasteiger partial charge on any atom is -0.375 e. The summed E-state index contributed by atoms with van der Waals surface area (Å²) in [6, 6.07) is 13.8. The number of benzene rings is 2. The standard InChI is InChI=1S/C23H25ClN2O3/c1-16(21(27)17-9-11-18(24)12-10-17)23(29)19-7-3-4-8-20(19)26(22(23)28)15-25-13-5-2-6-14-25/h3-4,7-12,16,29H,2,5-6,13-15H2,1H3. The first-order valence-corrected chi connectivity index (χ1v) is 10.5. The second kappa shape index (κ2) is 7.90. The molecule has 1 N–H and O–H groups in total. The zero-order chi connectivity index (χ0) is 20.6. The third kappa shape index (κ3) is 3.48. The average Bonchev–Trinajstić information content (AvgIpc) is 2.97. The molecule has 2 aliphatic heterocycles. The maximum absolute atomic E-state index is 13.5. The summed E-state index contributed by atoms with van der Waals surface area (Å²) in [5.74, 6) is -1.64. The van der Waals surface area contributed by atoms with Gasteiger partial charge in [-0.25, -0.2) is 0 Å². The lowest BCUT2D eigenvalue weighted by molar-refractivity contribution is -0.140. The number of piperidine rings is 1. The van der Waals surface area contributed by atoms with Gasteiger partial charge >= 0.3 is 0 Å². The highest BCUT2D eigenvalue weighted by atomic mass is 35.5. The van der Waals surface area contributed by atoms with Crippen molar-refractivity contribution in [2.24, 2.45) is 5.92 Å². The Bertz CT molecular complexity index is 924. The topological polar surface area (TPSA) is 60.9 Å². The first-order valence-electron chi connectivity index (χ1n) is 10.1. The lowest BCUT2D eigenvalue weighted by atomic mass is 9.79. The van der Waals surface area contributed by atoms with Crippen molar-refractivity contribution in [3.05, 3.63) is 64.7 Å². The van der Waals surface area contributed by atoms with Crippen LogP contribution in [0.15, 0.2) is 48.5 Å². The van der Waals surface area contributed by atoms with E-state index in [9.17, 15) is 14.7 Å². The van der Waals surface area contributed by atoms with Gasteiger partial charge in [-0.2, -0.15) is 0 Å². The van der Waals surface area contributed by atoms with Gasteiger partial charge in [0.25, 0.3) is 5.91 Å². The number of ketones is 1. The second-order valence-electron chi connectivity index (χ2n) is 7.93. The van der Waals surface area contributed by atoms with Gasteiger partial charge < -0.3 is 5.11 Å². The molecule has 4 rings (SSSR count). The Labute approximate surface area is 175 Å². The SMILES string of the molecule is CC(C(=O)c1ccc(Cl)cc1)C1(O)C(=O)N(CN2CCCCC2)c2ccccc21. The van der Waals surface area contributed by atoms with Crippen molar-refractivity contribution in [3.8, 4) is 0 Å². The van der Waals surface area contributed by atoms with Gasteiger partial charge in [-0.15, -0.1) is 0 Å². The number of hydrogen-bond donors (Lipinski definition) is 1. The fourth-order valence-electron chi connectivity index (χ4n) is 4.38. The van der Waals surface area contributed by atoms with Crippen molar-refractivity contribution in [3.63, 3.8) is 0 Å². The van der Waals surface area contributed by atoms with Gasteiger partial charge in [-0.3, -0.25) is 19.4 Å². The highest BCUT2D eigenvalue weighted by molar-refractivity contribution is 6.30. The number of hydrogen-bond acceptors (Lipinski definition) is 4. The van der Waals surface area contributed by atoms with E-state index in [1.165, 1.54) is 6.42 Å². The highest BCUT2D eigenvalue weighted by Gasteiger charge is 2.55. The van der Waals surface area contributed by atoms with Gasteiger partial charge in [-0.1, -0.05) is 43.1 Å². The number of amides is 1. The molecule has 0 aromatic heterocycles. The van der Waals surface area contributed by atoms with Crippen LogP contribution in [-0.4, -0.2) is 41.5 Å². The minimum atomic E-state index is -1.89. The van der Waals surface area contributed by atoms with Crippen molar-refractivity contribution in [1.82, 2.24) is 4.90 Å². The summed E-state index contributed by atoms with van der Waals surface area (Å²) < 4.78 is 0. The van der Waals surface area contributed by atoms with E-state index in [1.54, 1.807) is 48.2 Å². The highest BCUT2D eigenvalue weighted by Crippen LogP contribution is 2.45. The summed E-state index contributed by atoms with van der Waals surface area (Å²) in [7, 11) is 0. The second-order valence-corrected chi connectivity index (χ2v) is 8.37. The van der Waals surface area contributed by atoms with E-state index >= 15 is 0 Å². The summed E-state index contributed by atoms with van der Waals surface area (Å²) >= 11 is 5.93. The first-order chi connectivity index (χ1) is 13.9. The fourth-order valence-corrected chi connectivity index (χ4v) is 4.50. The number of aliphatic hydroxyl groups is 1. The summed E-state index contributed by atoms with van der Waals surface area (Å²) in [5.41, 5.74) is -0.281. The number of carbonyl (C=O) groups is 2. The quantitative estimate of drug-likeness (QED) is 0.758. The van der Waals surface area contributed by atoms with Crippen LogP contribution in [0.3, 0.4) is 0 Å². The third-order valence-electron chi connectivity index (χ3n) is 6.12. The molecule has 1 saturated heterocycles. The molecular weight excluding hydrogens is 388 g/mol. The Morgan fingerprint density at radius 2 is 1.76 bits per heavy atom. The van der Waals surface area contributed by atoms with E-state index in [0.717, 1.165) is 25.9 Å². The summed E-state index contributed by atoms with van der Waals surface area (Å²) in [5, 5.41) is 12.1. The van der Waals surface area contributed by atoms with Gasteiger partial charge in [0.2, 0.25) is 0 Å². The molecular formula is C23H25ClN2O3. The van der Waals surface area contributed by atoms with Crippen LogP contribution < -0.4 is 4.90 Å². The summed E-state index contributed by atoms with van der Waals surface area (Å²) in [6.07, 6.45) is 3.43. The monoisotopic (exact) mass is 412 g/mol. The van der Waals surface area contributed by atoms with E-state index in [-0.39, 0.29) is 5.78 Å². The normalized spacial score (nSPS) is 23.1. The predicted molar refractivity (Wildman–Crippen MR) is 113 cm³/mol. The van der Waals surface area contributed by atoms with E-state index in [2.05, 4.69) is 4.90 Å². The van der Waals surface area contributed by atoms with E-state index in [0.29, 0.717) is 28.5 Å². The Kier molecular flexibility index (Phi) is 5.47. The number of carbonyl (C=O) groups excluding carboxylic acids is 2. The molecule has 1 amide bonds. The lowest BCUT2D eigenvalue weighted by Gasteiger charge is -2.32. The summed E-state index contributed by atoms with van der Waals surface area (Å²) in [6.45, 7) is 3.92. The van der Waals surface area contributed by atoms with Crippen molar-refractivity contribution in [1.29, 1.82) is 0 Å². The minimum absolute atomic E-state index is 0.285. The van der Waals surface area contributed by atoms with Gasteiger partial charge in [0, 0.05) is 16.1 Å². The zero-order valence-electron chi connectivity index (χ0n) is 16.5. The molecule has 2 atom stereocenters. The molecule has 0 saturated carbocycles. The number of halogens is 1. The maximum Gasteiger partial charge on any atom is 0.265 e. The molecule has 2 aromatic carbocycles. The fraction of sp³-hybridized carbons (Fsp3) is 0.391. The molecule has 2 unspecified atom stereocenters. The number of para-hydroxylation sites is 1. The molecule has 1 fully saturated rings. The maximum atomic E-state index is 13.5. The predicted octanol–water partition coefficient (Wildman–Crippen LogP) is 3.84. The molecule has 2 aromatic rings. The van der Waals surface area contributed by atoms with Crippen molar-refractivity contribution in [2.45, 2.75) is 31.8 Å². The molecule has 2 aliphatic rings. The Hall–Kier alpha value is -2.21. The molecule has 0 aliphatic carbocycles. The van der Waals surface area contributed by atoms with Crippen LogP contribution in [0.5, 0.6) is 0 Å². The molecule has 6 heteroatoms. The third-order valence-corrected chi connectivity index (χ3v) is 6.37. The van der Waals surface area contributed by atoms with E-state index in [4.69, 9.17) is 11.6 Å². The number of fused-ring (bicyclic) bond motifs is 1. The number of Topliss-reactive ketones (excluding diaryl/α,β-unsaturated/α-hetero) is 1. The van der Waals surface area contributed by atoms with Crippen molar-refractivity contribution < 1.29 is 14.7 Å². The number of anilines is 1. The molecule has 29 heavy (non-hydrogen) atoms. The van der Waals surface area contributed by atoms with Gasteiger partial charge in [0.05, 0.1) is 18.3 Å². The molecule has 0 radical (unpaired) electrons. The first kappa shape index (κ1) is 20.1. The van der Waals surface area contributed by atoms with Crippen LogP contribution in [0, 0.1) is 5.92 Å². The Balaban J connectivity index is 1.67. The van der Waals surface area contributed by atoms with Crippen molar-refractivity contribution >= 4 is 29.0 Å². The molecule has 0 bridgehead atoms. The smallest absolute Gasteiger partial charge is 0.265 e. The van der Waals surface area contributed by atoms with Crippen LogP contribution in [0.2, 0.25) is 5.02 Å². The zero-order valence-corrected chi connectivity index (χ0v) is 17.2. The molecule has 152 valence electrons.